The van der Waals surface area contributed by atoms with Gasteiger partial charge in [-0.3, -0.25) is 5.32 Å². The van der Waals surface area contributed by atoms with Gasteiger partial charge in [-0.1, -0.05) is 19.1 Å². The molecule has 0 radical (unpaired) electrons. The highest BCUT2D eigenvalue weighted by Crippen LogP contribution is 2.39. The maximum atomic E-state index is 9.60. The van der Waals surface area contributed by atoms with Crippen LogP contribution in [0.2, 0.25) is 0 Å². The van der Waals surface area contributed by atoms with Crippen LogP contribution in [-0.2, 0) is 0 Å². The molecule has 1 N–H and O–H groups in total. The van der Waals surface area contributed by atoms with Crippen molar-refractivity contribution in [1.82, 2.24) is 14.9 Å². The van der Waals surface area contributed by atoms with E-state index in [1.54, 1.807) is 0 Å². The Balaban J connectivity index is 1.91. The maximum absolute atomic E-state index is 9.60. The van der Waals surface area contributed by atoms with Crippen LogP contribution < -0.4 is 5.32 Å². The lowest BCUT2D eigenvalue weighted by Crippen LogP contribution is -2.42. The van der Waals surface area contributed by atoms with Crippen LogP contribution >= 0.6 is 0 Å². The Morgan fingerprint density at radius 2 is 2.29 bits per heavy atom. The van der Waals surface area contributed by atoms with Crippen molar-refractivity contribution in [2.75, 3.05) is 6.54 Å². The zero-order chi connectivity index (χ0) is 14.9. The third kappa shape index (κ3) is 2.43. The molecule has 3 rings (SSSR count). The molecule has 2 atom stereocenters. The highest BCUT2D eigenvalue weighted by Gasteiger charge is 2.40. The molecule has 110 valence electrons. The van der Waals surface area contributed by atoms with Crippen LogP contribution in [0.5, 0.6) is 0 Å². The van der Waals surface area contributed by atoms with Gasteiger partial charge in [0.2, 0.25) is 0 Å². The summed E-state index contributed by atoms with van der Waals surface area (Å²) in [6.45, 7) is 5.10. The predicted molar refractivity (Wildman–Crippen MR) is 84.0 cm³/mol. The number of nitrogens with one attached hydrogen (secondary N) is 1. The summed E-state index contributed by atoms with van der Waals surface area (Å²) in [6.07, 6.45) is 3.87. The predicted octanol–water partition coefficient (Wildman–Crippen LogP) is 3.33. The number of imidazole rings is 1. The fraction of sp³-hybridized carbons (Fsp3) is 0.529. The molecule has 2 unspecified atom stereocenters. The van der Waals surface area contributed by atoms with Crippen molar-refractivity contribution in [3.63, 3.8) is 0 Å². The highest BCUT2D eigenvalue weighted by atomic mass is 15.1. The summed E-state index contributed by atoms with van der Waals surface area (Å²) in [5.74, 6) is 1.05. The molecule has 2 aromatic rings. The second-order valence-corrected chi connectivity index (χ2v) is 6.04. The first-order valence-electron chi connectivity index (χ1n) is 7.79. The van der Waals surface area contributed by atoms with E-state index in [-0.39, 0.29) is 5.54 Å². The fourth-order valence-electron chi connectivity index (χ4n) is 3.53. The van der Waals surface area contributed by atoms with Crippen LogP contribution in [0.1, 0.15) is 44.5 Å². The van der Waals surface area contributed by atoms with E-state index in [0.29, 0.717) is 6.04 Å². The summed E-state index contributed by atoms with van der Waals surface area (Å²) >= 11 is 0. The first-order valence-corrected chi connectivity index (χ1v) is 7.79. The van der Waals surface area contributed by atoms with Crippen LogP contribution in [0.25, 0.3) is 11.0 Å². The number of nitriles is 1. The van der Waals surface area contributed by atoms with Gasteiger partial charge in [0.15, 0.2) is 0 Å². The Bertz CT molecular complexity index is 682. The van der Waals surface area contributed by atoms with Crippen LogP contribution in [0.4, 0.5) is 0 Å². The van der Waals surface area contributed by atoms with Crippen molar-refractivity contribution in [2.45, 2.75) is 51.1 Å². The number of hydrogen-bond donors (Lipinski definition) is 1. The fourth-order valence-corrected chi connectivity index (χ4v) is 3.53. The Morgan fingerprint density at radius 1 is 1.48 bits per heavy atom. The average molecular weight is 282 g/mol. The summed E-state index contributed by atoms with van der Waals surface area (Å²) in [5, 5.41) is 13.1. The van der Waals surface area contributed by atoms with Gasteiger partial charge in [0.1, 0.15) is 11.4 Å². The Kier molecular flexibility index (Phi) is 3.69. The molecule has 1 aliphatic carbocycles. The molecule has 4 nitrogen and oxygen atoms in total. The van der Waals surface area contributed by atoms with Gasteiger partial charge in [-0.05, 0) is 51.3 Å². The average Bonchev–Trinajstić information content (AvgIpc) is 3.05. The Hall–Kier alpha value is -1.86. The Morgan fingerprint density at radius 3 is 3.05 bits per heavy atom. The van der Waals surface area contributed by atoms with Gasteiger partial charge < -0.3 is 4.57 Å². The first kappa shape index (κ1) is 14.1. The number of rotatable bonds is 4. The van der Waals surface area contributed by atoms with E-state index >= 15 is 0 Å². The van der Waals surface area contributed by atoms with Crippen molar-refractivity contribution in [3.05, 3.63) is 30.1 Å². The number of aromatic nitrogens is 2. The van der Waals surface area contributed by atoms with Crippen LogP contribution in [0.15, 0.2) is 24.3 Å². The largest absolute Gasteiger partial charge is 0.325 e. The number of benzene rings is 1. The van der Waals surface area contributed by atoms with Crippen LogP contribution in [0, 0.1) is 18.3 Å². The van der Waals surface area contributed by atoms with E-state index in [9.17, 15) is 5.26 Å². The van der Waals surface area contributed by atoms with Gasteiger partial charge in [0.05, 0.1) is 17.1 Å². The van der Waals surface area contributed by atoms with Crippen molar-refractivity contribution < 1.29 is 0 Å². The molecule has 1 aliphatic rings. The smallest absolute Gasteiger partial charge is 0.108 e. The minimum Gasteiger partial charge on any atom is -0.325 e. The van der Waals surface area contributed by atoms with Gasteiger partial charge >= 0.3 is 0 Å². The monoisotopic (exact) mass is 282 g/mol. The van der Waals surface area contributed by atoms with E-state index < -0.39 is 0 Å². The lowest BCUT2D eigenvalue weighted by molar-refractivity contribution is 0.401. The molecule has 4 heteroatoms. The number of aryl methyl sites for hydroxylation is 1. The molecular formula is C17H22N4. The maximum Gasteiger partial charge on any atom is 0.108 e. The molecule has 0 amide bonds. The third-order valence-electron chi connectivity index (χ3n) is 4.55. The molecule has 1 aromatic heterocycles. The van der Waals surface area contributed by atoms with E-state index in [4.69, 9.17) is 0 Å². The lowest BCUT2D eigenvalue weighted by Gasteiger charge is -2.23. The third-order valence-corrected chi connectivity index (χ3v) is 4.55. The van der Waals surface area contributed by atoms with Crippen LogP contribution in [0.3, 0.4) is 0 Å². The molecule has 0 spiro atoms. The first-order chi connectivity index (χ1) is 10.2. The van der Waals surface area contributed by atoms with Gasteiger partial charge in [-0.25, -0.2) is 4.98 Å². The normalized spacial score (nSPS) is 25.3. The molecule has 1 saturated carbocycles. The van der Waals surface area contributed by atoms with Crippen molar-refractivity contribution in [1.29, 1.82) is 5.26 Å². The minimum atomic E-state index is -0.363. The van der Waals surface area contributed by atoms with E-state index in [1.165, 1.54) is 5.52 Å². The molecule has 0 saturated heterocycles. The van der Waals surface area contributed by atoms with E-state index in [1.807, 2.05) is 6.07 Å². The van der Waals surface area contributed by atoms with Crippen molar-refractivity contribution in [2.24, 2.45) is 0 Å². The van der Waals surface area contributed by atoms with Crippen LogP contribution in [-0.4, -0.2) is 21.6 Å². The summed E-state index contributed by atoms with van der Waals surface area (Å²) in [7, 11) is 0. The van der Waals surface area contributed by atoms with Gasteiger partial charge in [-0.2, -0.15) is 5.26 Å². The summed E-state index contributed by atoms with van der Waals surface area (Å²) in [6, 6.07) is 11.2. The molecular weight excluding hydrogens is 260 g/mol. The van der Waals surface area contributed by atoms with Crippen molar-refractivity contribution in [3.8, 4) is 6.07 Å². The topological polar surface area (TPSA) is 53.6 Å². The number of nitrogens with zero attached hydrogens (tertiary/aromatic N) is 3. The molecule has 1 heterocycles. The van der Waals surface area contributed by atoms with Gasteiger partial charge in [0.25, 0.3) is 0 Å². The minimum absolute atomic E-state index is 0.362. The molecule has 0 aliphatic heterocycles. The van der Waals surface area contributed by atoms with Gasteiger partial charge in [-0.15, -0.1) is 0 Å². The number of fused-ring (bicyclic) bond motifs is 1. The highest BCUT2D eigenvalue weighted by molar-refractivity contribution is 5.76. The van der Waals surface area contributed by atoms with Crippen molar-refractivity contribution >= 4 is 11.0 Å². The van der Waals surface area contributed by atoms with E-state index in [0.717, 1.165) is 43.6 Å². The zero-order valence-electron chi connectivity index (χ0n) is 12.8. The van der Waals surface area contributed by atoms with Gasteiger partial charge in [0, 0.05) is 6.04 Å². The second kappa shape index (κ2) is 5.50. The van der Waals surface area contributed by atoms with E-state index in [2.05, 4.69) is 53.0 Å². The SMILES string of the molecule is CCCNC1(C#N)CCC(n2c(C)nc3ccccc32)C1. The second-order valence-electron chi connectivity index (χ2n) is 6.04. The molecule has 1 aromatic carbocycles. The zero-order valence-corrected chi connectivity index (χ0v) is 12.8. The number of para-hydroxylation sites is 2. The number of hydrogen-bond acceptors (Lipinski definition) is 3. The Labute approximate surface area is 125 Å². The standard InChI is InChI=1S/C17H22N4/c1-3-10-19-17(12-18)9-8-14(11-17)21-13(2)20-15-6-4-5-7-16(15)21/h4-7,14,19H,3,8-11H2,1-2H3. The summed E-state index contributed by atoms with van der Waals surface area (Å²) in [4.78, 5) is 4.65. The lowest BCUT2D eigenvalue weighted by atomic mass is 9.99. The quantitative estimate of drug-likeness (QED) is 0.935. The molecule has 0 bridgehead atoms. The summed E-state index contributed by atoms with van der Waals surface area (Å²) < 4.78 is 2.32. The summed E-state index contributed by atoms with van der Waals surface area (Å²) in [5.41, 5.74) is 1.87. The molecule has 1 fully saturated rings. The molecule has 21 heavy (non-hydrogen) atoms.